The molecule has 3 saturated heterocycles. The topological polar surface area (TPSA) is 98.7 Å². The van der Waals surface area contributed by atoms with Crippen LogP contribution in [-0.4, -0.2) is 68.3 Å². The van der Waals surface area contributed by atoms with Crippen LogP contribution in [0.2, 0.25) is 0 Å². The summed E-state index contributed by atoms with van der Waals surface area (Å²) in [4.78, 5) is 43.0. The van der Waals surface area contributed by atoms with Gasteiger partial charge in [-0.3, -0.25) is 14.4 Å². The first-order valence-corrected chi connectivity index (χ1v) is 15.0. The molecule has 0 saturated carbocycles. The van der Waals surface area contributed by atoms with Gasteiger partial charge in [0.05, 0.1) is 16.6 Å². The van der Waals surface area contributed by atoms with Crippen molar-refractivity contribution in [1.29, 1.82) is 0 Å². The van der Waals surface area contributed by atoms with E-state index in [9.17, 15) is 19.5 Å². The number of anilines is 1. The molecule has 3 aliphatic rings. The fraction of sp³-hybridized carbons (Fsp3) is 0.536. The Labute approximate surface area is 230 Å². The third kappa shape index (κ3) is 4.68. The lowest BCUT2D eigenvalue weighted by atomic mass is 9.70. The van der Waals surface area contributed by atoms with Crippen LogP contribution >= 0.6 is 27.7 Å². The van der Waals surface area contributed by atoms with Gasteiger partial charge in [-0.15, -0.1) is 11.8 Å². The molecule has 3 heterocycles. The van der Waals surface area contributed by atoms with Crippen LogP contribution in [0.1, 0.15) is 39.0 Å². The third-order valence-electron chi connectivity index (χ3n) is 7.96. The molecular formula is C28H34BrN3O4S. The summed E-state index contributed by atoms with van der Waals surface area (Å²) in [5, 5.41) is 17.4. The summed E-state index contributed by atoms with van der Waals surface area (Å²) in [6.45, 7) is 3.13. The van der Waals surface area contributed by atoms with E-state index in [2.05, 4.69) is 26.6 Å². The lowest BCUT2D eigenvalue weighted by Crippen LogP contribution is -2.53. The Bertz CT molecular complexity index is 1190. The van der Waals surface area contributed by atoms with Crippen molar-refractivity contribution in [2.45, 2.75) is 59.9 Å². The van der Waals surface area contributed by atoms with E-state index >= 15 is 0 Å². The number of halogens is 1. The number of likely N-dealkylation sites (tertiary alicyclic amines) is 1. The molecule has 0 aromatic heterocycles. The monoisotopic (exact) mass is 587 g/mol. The second kappa shape index (κ2) is 10.9. The van der Waals surface area contributed by atoms with Crippen LogP contribution in [0.5, 0.6) is 0 Å². The number of thioether (sulfide) groups is 1. The lowest BCUT2D eigenvalue weighted by molar-refractivity contribution is -0.139. The number of nitrogens with one attached hydrogen (secondary N) is 2. The van der Waals surface area contributed by atoms with E-state index in [1.165, 1.54) is 0 Å². The Morgan fingerprint density at radius 2 is 1.92 bits per heavy atom. The summed E-state index contributed by atoms with van der Waals surface area (Å²) in [5.41, 5.74) is 0.696. The second-order valence-electron chi connectivity index (χ2n) is 10.3. The molecule has 3 amide bonds. The minimum atomic E-state index is -0.662. The number of hydrogen-bond donors (Lipinski definition) is 3. The molecule has 7 nitrogen and oxygen atoms in total. The Hall–Kier alpha value is -2.10. The van der Waals surface area contributed by atoms with Gasteiger partial charge in [0.1, 0.15) is 6.04 Å². The molecule has 2 aromatic carbocycles. The van der Waals surface area contributed by atoms with Crippen LogP contribution in [0.3, 0.4) is 0 Å². The van der Waals surface area contributed by atoms with Crippen molar-refractivity contribution in [3.8, 4) is 0 Å². The number of rotatable bonds is 10. The number of benzene rings is 2. The molecule has 2 bridgehead atoms. The van der Waals surface area contributed by atoms with Gasteiger partial charge in [0.2, 0.25) is 17.7 Å². The zero-order valence-electron chi connectivity index (χ0n) is 21.0. The van der Waals surface area contributed by atoms with Gasteiger partial charge in [0, 0.05) is 35.5 Å². The van der Waals surface area contributed by atoms with Gasteiger partial charge in [0.15, 0.2) is 0 Å². The summed E-state index contributed by atoms with van der Waals surface area (Å²) in [5.74, 6) is -1.34. The number of amides is 3. The maximum atomic E-state index is 14.0. The average Bonchev–Trinajstić information content (AvgIpc) is 3.48. The van der Waals surface area contributed by atoms with Crippen LogP contribution < -0.4 is 10.6 Å². The molecule has 3 fully saturated rings. The standard InChI is InChI=1S/C28H34BrN3O4S/c1-2-12-30-25(34)21-22-27(36)32(13-6-3-7-14-33)24(28(22)16-20(29)23(21)37-28)26(35)31-19-11-10-17-8-4-5-9-18(17)15-19/h4-5,8-11,15,20-24,33H,2-3,6-7,12-14,16H2,1H3,(H,30,34)(H,31,35)/t20?,21-,22-,23-,24?,28?/m0/s1. The number of nitrogens with zero attached hydrogens (tertiary/aromatic N) is 1. The maximum Gasteiger partial charge on any atom is 0.248 e. The second-order valence-corrected chi connectivity index (χ2v) is 13.0. The first-order chi connectivity index (χ1) is 17.9. The number of hydrogen-bond acceptors (Lipinski definition) is 5. The largest absolute Gasteiger partial charge is 0.396 e. The van der Waals surface area contributed by atoms with Crippen molar-refractivity contribution >= 4 is 61.9 Å². The number of carbonyl (C=O) groups excluding carboxylic acids is 3. The van der Waals surface area contributed by atoms with Crippen LogP contribution in [0, 0.1) is 11.8 Å². The minimum Gasteiger partial charge on any atom is -0.396 e. The SMILES string of the molecule is CCCNC(=O)[C@H]1[C@H]2C(=O)N(CCCCCO)C(C(=O)Nc3ccc4ccccc4c3)C23CC(Br)[C@@H]1S3. The minimum absolute atomic E-state index is 0.0432. The number of unbranched alkanes of at least 4 members (excludes halogenated alkanes) is 2. The van der Waals surface area contributed by atoms with Gasteiger partial charge in [-0.05, 0) is 55.0 Å². The smallest absolute Gasteiger partial charge is 0.248 e. The molecule has 5 rings (SSSR count). The van der Waals surface area contributed by atoms with Crippen LogP contribution in [0.4, 0.5) is 5.69 Å². The molecule has 0 radical (unpaired) electrons. The highest BCUT2D eigenvalue weighted by Crippen LogP contribution is 2.67. The summed E-state index contributed by atoms with van der Waals surface area (Å²) in [6.07, 6.45) is 3.62. The van der Waals surface area contributed by atoms with Crippen LogP contribution in [0.15, 0.2) is 42.5 Å². The van der Waals surface area contributed by atoms with Crippen molar-refractivity contribution in [2.24, 2.45) is 11.8 Å². The molecule has 6 atom stereocenters. The Kier molecular flexibility index (Phi) is 7.84. The van der Waals surface area contributed by atoms with E-state index in [1.807, 2.05) is 49.4 Å². The fourth-order valence-electron chi connectivity index (χ4n) is 6.38. The number of carbonyl (C=O) groups is 3. The molecule has 198 valence electrons. The molecule has 3 aliphatic heterocycles. The molecule has 1 spiro atoms. The van der Waals surface area contributed by atoms with E-state index in [-0.39, 0.29) is 34.4 Å². The Morgan fingerprint density at radius 1 is 1.14 bits per heavy atom. The van der Waals surface area contributed by atoms with Crippen molar-refractivity contribution in [3.63, 3.8) is 0 Å². The predicted molar refractivity (Wildman–Crippen MR) is 151 cm³/mol. The zero-order valence-corrected chi connectivity index (χ0v) is 23.4. The van der Waals surface area contributed by atoms with Crippen molar-refractivity contribution in [1.82, 2.24) is 10.2 Å². The van der Waals surface area contributed by atoms with Gasteiger partial charge >= 0.3 is 0 Å². The highest BCUT2D eigenvalue weighted by Gasteiger charge is 2.75. The van der Waals surface area contributed by atoms with Crippen LogP contribution in [-0.2, 0) is 14.4 Å². The van der Waals surface area contributed by atoms with Crippen molar-refractivity contribution < 1.29 is 19.5 Å². The summed E-state index contributed by atoms with van der Waals surface area (Å²) in [7, 11) is 0. The first-order valence-electron chi connectivity index (χ1n) is 13.2. The maximum absolute atomic E-state index is 14.0. The molecule has 9 heteroatoms. The summed E-state index contributed by atoms with van der Waals surface area (Å²) in [6, 6.07) is 13.2. The highest BCUT2D eigenvalue weighted by atomic mass is 79.9. The van der Waals surface area contributed by atoms with Gasteiger partial charge in [-0.2, -0.15) is 0 Å². The molecule has 2 aromatic rings. The van der Waals surface area contributed by atoms with Gasteiger partial charge in [0.25, 0.3) is 0 Å². The predicted octanol–water partition coefficient (Wildman–Crippen LogP) is 3.93. The molecule has 3 unspecified atom stereocenters. The number of aliphatic hydroxyl groups excluding tert-OH is 1. The van der Waals surface area contributed by atoms with Gasteiger partial charge < -0.3 is 20.6 Å². The van der Waals surface area contributed by atoms with E-state index in [0.29, 0.717) is 38.0 Å². The molecule has 0 aliphatic carbocycles. The highest BCUT2D eigenvalue weighted by molar-refractivity contribution is 9.09. The average molecular weight is 589 g/mol. The van der Waals surface area contributed by atoms with E-state index in [1.54, 1.807) is 16.7 Å². The quantitative estimate of drug-likeness (QED) is 0.289. The Balaban J connectivity index is 1.46. The van der Waals surface area contributed by atoms with E-state index in [4.69, 9.17) is 0 Å². The lowest BCUT2D eigenvalue weighted by Gasteiger charge is -2.35. The van der Waals surface area contributed by atoms with Crippen molar-refractivity contribution in [3.05, 3.63) is 42.5 Å². The molecular weight excluding hydrogens is 554 g/mol. The first kappa shape index (κ1) is 26.5. The summed E-state index contributed by atoms with van der Waals surface area (Å²) >= 11 is 5.45. The third-order valence-corrected chi connectivity index (χ3v) is 11.2. The van der Waals surface area contributed by atoms with Gasteiger partial charge in [-0.1, -0.05) is 53.2 Å². The number of alkyl halides is 1. The normalized spacial score (nSPS) is 30.1. The number of fused-ring (bicyclic) bond motifs is 2. The van der Waals surface area contributed by atoms with Gasteiger partial charge in [-0.25, -0.2) is 0 Å². The van der Waals surface area contributed by atoms with Crippen LogP contribution in [0.25, 0.3) is 10.8 Å². The van der Waals surface area contributed by atoms with Crippen molar-refractivity contribution in [2.75, 3.05) is 25.0 Å². The summed E-state index contributed by atoms with van der Waals surface area (Å²) < 4.78 is -0.651. The van der Waals surface area contributed by atoms with E-state index < -0.39 is 22.6 Å². The van der Waals surface area contributed by atoms with E-state index in [0.717, 1.165) is 23.6 Å². The fourth-order valence-corrected chi connectivity index (χ4v) is 10.00. The Morgan fingerprint density at radius 3 is 2.68 bits per heavy atom. The zero-order chi connectivity index (χ0) is 26.2. The molecule has 3 N–H and O–H groups in total. The number of aliphatic hydroxyl groups is 1. The molecule has 37 heavy (non-hydrogen) atoms.